The summed E-state index contributed by atoms with van der Waals surface area (Å²) < 4.78 is 0. The number of nitrogens with zero attached hydrogens (tertiary/aromatic N) is 2. The average molecular weight is 173 g/mol. The first-order valence-corrected chi connectivity index (χ1v) is 4.02. The monoisotopic (exact) mass is 173 g/mol. The van der Waals surface area contributed by atoms with Crippen LogP contribution in [0.4, 0.5) is 0 Å². The van der Waals surface area contributed by atoms with E-state index in [1.807, 2.05) is 14.0 Å². The third kappa shape index (κ3) is 3.93. The predicted molar refractivity (Wildman–Crippen MR) is 52.8 cm³/mol. The molecule has 0 aliphatic rings. The second kappa shape index (κ2) is 5.07. The molecule has 1 N–H and O–H groups in total. The molecular formula is C7H15N3S. The second-order valence-corrected chi connectivity index (χ2v) is 2.65. The van der Waals surface area contributed by atoms with Gasteiger partial charge in [0.25, 0.3) is 0 Å². The van der Waals surface area contributed by atoms with Crippen molar-refractivity contribution in [1.82, 2.24) is 10.3 Å². The predicted octanol–water partition coefficient (Wildman–Crippen LogP) is 1.21. The van der Waals surface area contributed by atoms with Crippen LogP contribution in [-0.4, -0.2) is 29.9 Å². The summed E-state index contributed by atoms with van der Waals surface area (Å²) in [5.41, 5.74) is 1.07. The van der Waals surface area contributed by atoms with Gasteiger partial charge in [-0.1, -0.05) is 6.92 Å². The molecule has 0 amide bonds. The van der Waals surface area contributed by atoms with Gasteiger partial charge in [0, 0.05) is 19.8 Å². The molecule has 0 rings (SSSR count). The van der Waals surface area contributed by atoms with E-state index in [0.29, 0.717) is 5.11 Å². The van der Waals surface area contributed by atoms with Gasteiger partial charge in [-0.2, -0.15) is 5.10 Å². The van der Waals surface area contributed by atoms with Crippen LogP contribution in [0, 0.1) is 0 Å². The zero-order valence-electron chi connectivity index (χ0n) is 7.51. The van der Waals surface area contributed by atoms with E-state index in [1.165, 1.54) is 0 Å². The Morgan fingerprint density at radius 1 is 1.64 bits per heavy atom. The van der Waals surface area contributed by atoms with Crippen LogP contribution in [-0.2, 0) is 0 Å². The molecule has 0 saturated heterocycles. The topological polar surface area (TPSA) is 27.6 Å². The van der Waals surface area contributed by atoms with Crippen molar-refractivity contribution < 1.29 is 0 Å². The lowest BCUT2D eigenvalue weighted by Crippen LogP contribution is -2.31. The summed E-state index contributed by atoms with van der Waals surface area (Å²) in [6, 6.07) is 0. The van der Waals surface area contributed by atoms with Crippen molar-refractivity contribution in [1.29, 1.82) is 0 Å². The SMILES string of the molecule is CCC(C)=NN(C)C(=S)NC. The minimum absolute atomic E-state index is 0.637. The van der Waals surface area contributed by atoms with Crippen molar-refractivity contribution >= 4 is 23.0 Å². The van der Waals surface area contributed by atoms with Crippen LogP contribution in [0.5, 0.6) is 0 Å². The molecule has 0 aromatic carbocycles. The van der Waals surface area contributed by atoms with Gasteiger partial charge >= 0.3 is 0 Å². The van der Waals surface area contributed by atoms with Crippen molar-refractivity contribution in [2.45, 2.75) is 20.3 Å². The number of hydrogen-bond donors (Lipinski definition) is 1. The summed E-state index contributed by atoms with van der Waals surface area (Å²) in [7, 11) is 3.62. The van der Waals surface area contributed by atoms with Crippen LogP contribution >= 0.6 is 12.2 Å². The smallest absolute Gasteiger partial charge is 0.189 e. The molecule has 0 bridgehead atoms. The normalized spacial score (nSPS) is 11.1. The fourth-order valence-electron chi connectivity index (χ4n) is 0.534. The van der Waals surface area contributed by atoms with Gasteiger partial charge in [-0.15, -0.1) is 0 Å². The third-order valence-electron chi connectivity index (χ3n) is 1.34. The van der Waals surface area contributed by atoms with Gasteiger partial charge in [-0.3, -0.25) is 0 Å². The van der Waals surface area contributed by atoms with Crippen LogP contribution in [0.3, 0.4) is 0 Å². The molecule has 0 saturated carbocycles. The van der Waals surface area contributed by atoms with Gasteiger partial charge < -0.3 is 5.32 Å². The first-order chi connectivity index (χ1) is 5.11. The average Bonchev–Trinajstić information content (AvgIpc) is 2.02. The fraction of sp³-hybridized carbons (Fsp3) is 0.714. The van der Waals surface area contributed by atoms with E-state index < -0.39 is 0 Å². The Bertz CT molecular complexity index is 165. The van der Waals surface area contributed by atoms with Gasteiger partial charge in [0.05, 0.1) is 0 Å². The maximum Gasteiger partial charge on any atom is 0.189 e. The van der Waals surface area contributed by atoms with Crippen LogP contribution in [0.1, 0.15) is 20.3 Å². The number of hydrazone groups is 1. The molecule has 0 fully saturated rings. The minimum Gasteiger partial charge on any atom is -0.364 e. The molecule has 0 spiro atoms. The molecule has 0 atom stereocenters. The van der Waals surface area contributed by atoms with Gasteiger partial charge in [0.1, 0.15) is 0 Å². The maximum atomic E-state index is 4.95. The van der Waals surface area contributed by atoms with Gasteiger partial charge in [-0.05, 0) is 25.6 Å². The molecule has 0 radical (unpaired) electrons. The van der Waals surface area contributed by atoms with Gasteiger partial charge in [0.2, 0.25) is 0 Å². The molecule has 0 aromatic rings. The fourth-order valence-corrected chi connectivity index (χ4v) is 0.575. The van der Waals surface area contributed by atoms with Crippen LogP contribution < -0.4 is 5.32 Å². The van der Waals surface area contributed by atoms with Crippen LogP contribution in [0.2, 0.25) is 0 Å². The summed E-state index contributed by atoms with van der Waals surface area (Å²) in [5, 5.41) is 9.35. The van der Waals surface area contributed by atoms with Crippen LogP contribution in [0.15, 0.2) is 5.10 Å². The number of nitrogens with one attached hydrogen (secondary N) is 1. The Kier molecular flexibility index (Phi) is 4.77. The number of thiocarbonyl (C=S) groups is 1. The molecule has 0 aromatic heterocycles. The summed E-state index contributed by atoms with van der Waals surface area (Å²) in [6.07, 6.45) is 0.955. The highest BCUT2D eigenvalue weighted by Crippen LogP contribution is 1.90. The number of rotatable bonds is 2. The zero-order valence-corrected chi connectivity index (χ0v) is 8.33. The van der Waals surface area contributed by atoms with E-state index >= 15 is 0 Å². The Morgan fingerprint density at radius 3 is 2.55 bits per heavy atom. The summed E-state index contributed by atoms with van der Waals surface area (Å²) in [5.74, 6) is 0. The van der Waals surface area contributed by atoms with Crippen molar-refractivity contribution in [3.63, 3.8) is 0 Å². The van der Waals surface area contributed by atoms with E-state index in [1.54, 1.807) is 12.1 Å². The highest BCUT2D eigenvalue weighted by Gasteiger charge is 1.97. The molecule has 0 heterocycles. The molecule has 3 nitrogen and oxygen atoms in total. The Balaban J connectivity index is 4.04. The van der Waals surface area contributed by atoms with Gasteiger partial charge in [-0.25, -0.2) is 5.01 Å². The van der Waals surface area contributed by atoms with E-state index in [9.17, 15) is 0 Å². The lowest BCUT2D eigenvalue weighted by molar-refractivity contribution is 0.534. The van der Waals surface area contributed by atoms with Crippen LogP contribution in [0.25, 0.3) is 0 Å². The zero-order chi connectivity index (χ0) is 8.85. The van der Waals surface area contributed by atoms with Crippen molar-refractivity contribution in [2.24, 2.45) is 5.10 Å². The highest BCUT2D eigenvalue weighted by molar-refractivity contribution is 7.80. The van der Waals surface area contributed by atoms with Crippen molar-refractivity contribution in [2.75, 3.05) is 14.1 Å². The molecule has 0 aliphatic heterocycles. The number of hydrogen-bond acceptors (Lipinski definition) is 2. The third-order valence-corrected chi connectivity index (χ3v) is 1.81. The van der Waals surface area contributed by atoms with Gasteiger partial charge in [0.15, 0.2) is 5.11 Å². The lowest BCUT2D eigenvalue weighted by Gasteiger charge is -2.13. The standard InChI is InChI=1S/C7H15N3S/c1-5-6(2)9-10(4)7(11)8-3/h5H2,1-4H3,(H,8,11). The summed E-state index contributed by atoms with van der Waals surface area (Å²) in [4.78, 5) is 0. The quantitative estimate of drug-likeness (QED) is 0.386. The Labute approximate surface area is 73.5 Å². The first-order valence-electron chi connectivity index (χ1n) is 3.61. The molecular weight excluding hydrogens is 158 g/mol. The highest BCUT2D eigenvalue weighted by atomic mass is 32.1. The lowest BCUT2D eigenvalue weighted by atomic mass is 10.3. The first kappa shape index (κ1) is 10.4. The minimum atomic E-state index is 0.637. The summed E-state index contributed by atoms with van der Waals surface area (Å²) in [6.45, 7) is 4.05. The Hall–Kier alpha value is -0.640. The molecule has 4 heteroatoms. The van der Waals surface area contributed by atoms with Crippen molar-refractivity contribution in [3.05, 3.63) is 0 Å². The van der Waals surface area contributed by atoms with E-state index in [-0.39, 0.29) is 0 Å². The molecule has 11 heavy (non-hydrogen) atoms. The summed E-state index contributed by atoms with van der Waals surface area (Å²) >= 11 is 4.95. The van der Waals surface area contributed by atoms with E-state index in [4.69, 9.17) is 12.2 Å². The van der Waals surface area contributed by atoms with E-state index in [2.05, 4.69) is 17.3 Å². The molecule has 0 unspecified atom stereocenters. The van der Waals surface area contributed by atoms with E-state index in [0.717, 1.165) is 12.1 Å². The molecule has 0 aliphatic carbocycles. The van der Waals surface area contributed by atoms with Crippen molar-refractivity contribution in [3.8, 4) is 0 Å². The Morgan fingerprint density at radius 2 is 2.18 bits per heavy atom. The second-order valence-electron chi connectivity index (χ2n) is 2.27. The largest absolute Gasteiger partial charge is 0.364 e. The molecule has 64 valence electrons. The maximum absolute atomic E-state index is 4.95.